The minimum atomic E-state index is -1.81. The van der Waals surface area contributed by atoms with Gasteiger partial charge < -0.3 is 11.1 Å². The molecule has 5 amide bonds. The second kappa shape index (κ2) is 12.7. The topological polar surface area (TPSA) is 164 Å². The summed E-state index contributed by atoms with van der Waals surface area (Å²) in [6.07, 6.45) is 8.60. The third-order valence-electron chi connectivity index (χ3n) is 5.70. The van der Waals surface area contributed by atoms with Crippen molar-refractivity contribution in [1.82, 2.24) is 15.1 Å². The van der Waals surface area contributed by atoms with Gasteiger partial charge in [-0.3, -0.25) is 43.4 Å². The molecule has 183 valence electrons. The Morgan fingerprint density at radius 2 is 1.32 bits per heavy atom. The first-order valence-corrected chi connectivity index (χ1v) is 11.2. The number of nitrogens with one attached hydrogen (secondary N) is 1. The Labute approximate surface area is 197 Å². The number of Topliss-reactive ketones (excluding diaryl/α,β-unsaturated/α-hetero) is 1. The summed E-state index contributed by atoms with van der Waals surface area (Å²) in [7, 11) is 0. The predicted molar refractivity (Wildman–Crippen MR) is 119 cm³/mol. The molecule has 3 N–H and O–H groups in total. The first-order valence-electron chi connectivity index (χ1n) is 11.2. The van der Waals surface area contributed by atoms with Gasteiger partial charge in [-0.05, 0) is 32.1 Å². The Balaban J connectivity index is 1.84. The molecule has 1 unspecified atom stereocenters. The number of rotatable bonds is 16. The van der Waals surface area contributed by atoms with Crippen molar-refractivity contribution in [2.24, 2.45) is 5.73 Å². The monoisotopic (exact) mass is 473 g/mol. The molecule has 0 fully saturated rings. The average Bonchev–Trinajstić information content (AvgIpc) is 3.30. The highest BCUT2D eigenvalue weighted by Gasteiger charge is 2.40. The highest BCUT2D eigenvalue weighted by molar-refractivity contribution is 6.13. The lowest BCUT2D eigenvalue weighted by molar-refractivity contribution is -0.138. The summed E-state index contributed by atoms with van der Waals surface area (Å²) in [5.41, 5.74) is 4.43. The molecular weight excluding hydrogens is 444 g/mol. The van der Waals surface area contributed by atoms with Crippen molar-refractivity contribution in [2.45, 2.75) is 56.9 Å². The van der Waals surface area contributed by atoms with Gasteiger partial charge in [0.25, 0.3) is 23.6 Å². The summed E-state index contributed by atoms with van der Waals surface area (Å²) in [6.45, 7) is 0.403. The van der Waals surface area contributed by atoms with Crippen molar-refractivity contribution in [3.8, 4) is 0 Å². The first kappa shape index (κ1) is 26.8. The second-order valence-electron chi connectivity index (χ2n) is 8.14. The van der Waals surface area contributed by atoms with Gasteiger partial charge in [0.1, 0.15) is 0 Å². The van der Waals surface area contributed by atoms with E-state index in [4.69, 9.17) is 5.73 Å². The third kappa shape index (κ3) is 7.01. The number of hydrogen-bond donors (Lipinski definition) is 2. The van der Waals surface area contributed by atoms with Crippen molar-refractivity contribution in [1.29, 1.82) is 0 Å². The summed E-state index contributed by atoms with van der Waals surface area (Å²) < 4.78 is 0. The fraction of sp³-hybridized carbons (Fsp3) is 0.522. The number of nitrogens with two attached hydrogens (primary N) is 1. The van der Waals surface area contributed by atoms with E-state index in [1.807, 2.05) is 0 Å². The summed E-state index contributed by atoms with van der Waals surface area (Å²) in [5, 5.41) is 2.49. The first-order chi connectivity index (χ1) is 16.2. The SMILES string of the molecule is NC(CCCCN1C(=O)C=CC1=O)(C(=O)CCCCCN1C(=O)C=CC1=O)C(=O)NCC[C]=O. The molecule has 0 aromatic heterocycles. The molecule has 0 saturated carbocycles. The van der Waals surface area contributed by atoms with E-state index >= 15 is 0 Å². The zero-order chi connectivity index (χ0) is 25.1. The number of carbonyl (C=O) groups excluding carboxylic acids is 7. The van der Waals surface area contributed by atoms with Crippen LogP contribution in [0, 0.1) is 0 Å². The molecular formula is C23H29N4O7. The fourth-order valence-electron chi connectivity index (χ4n) is 3.70. The quantitative estimate of drug-likeness (QED) is 0.171. The van der Waals surface area contributed by atoms with Crippen molar-refractivity contribution in [3.63, 3.8) is 0 Å². The Morgan fingerprint density at radius 3 is 1.82 bits per heavy atom. The van der Waals surface area contributed by atoms with E-state index in [9.17, 15) is 33.6 Å². The Hall–Kier alpha value is -3.47. The largest absolute Gasteiger partial charge is 0.354 e. The lowest BCUT2D eigenvalue weighted by Gasteiger charge is -2.27. The highest BCUT2D eigenvalue weighted by Crippen LogP contribution is 2.19. The number of ketones is 1. The van der Waals surface area contributed by atoms with Crippen molar-refractivity contribution >= 4 is 41.6 Å². The van der Waals surface area contributed by atoms with Gasteiger partial charge in [-0.25, -0.2) is 0 Å². The zero-order valence-corrected chi connectivity index (χ0v) is 18.9. The molecule has 0 saturated heterocycles. The van der Waals surface area contributed by atoms with Gasteiger partial charge in [0.05, 0.1) is 0 Å². The van der Waals surface area contributed by atoms with Crippen LogP contribution in [0.2, 0.25) is 0 Å². The fourth-order valence-corrected chi connectivity index (χ4v) is 3.70. The molecule has 34 heavy (non-hydrogen) atoms. The Kier molecular flexibility index (Phi) is 9.99. The molecule has 0 aliphatic carbocycles. The van der Waals surface area contributed by atoms with Crippen molar-refractivity contribution in [3.05, 3.63) is 24.3 Å². The van der Waals surface area contributed by atoms with Crippen molar-refractivity contribution in [2.75, 3.05) is 19.6 Å². The van der Waals surface area contributed by atoms with Crippen LogP contribution in [0.15, 0.2) is 24.3 Å². The van der Waals surface area contributed by atoms with Crippen LogP contribution in [-0.4, -0.2) is 76.6 Å². The maximum absolute atomic E-state index is 12.9. The smallest absolute Gasteiger partial charge is 0.253 e. The van der Waals surface area contributed by atoms with Gasteiger partial charge in [-0.2, -0.15) is 0 Å². The van der Waals surface area contributed by atoms with Gasteiger partial charge in [-0.15, -0.1) is 0 Å². The van der Waals surface area contributed by atoms with E-state index in [0.717, 1.165) is 9.80 Å². The zero-order valence-electron chi connectivity index (χ0n) is 18.9. The van der Waals surface area contributed by atoms with Crippen LogP contribution in [0.25, 0.3) is 0 Å². The van der Waals surface area contributed by atoms with Crippen LogP contribution in [0.4, 0.5) is 0 Å². The number of unbranched alkanes of at least 4 members (excludes halogenated alkanes) is 3. The minimum Gasteiger partial charge on any atom is -0.354 e. The van der Waals surface area contributed by atoms with Crippen LogP contribution in [0.3, 0.4) is 0 Å². The standard InChI is InChI=1S/C23H29N4O7/c24-23(22(34)25-13-6-16-28,12-3-5-15-27-20(32)10-11-21(27)33)17(29)7-2-1-4-14-26-18(30)8-9-19(26)31/h8-11H,1-7,12-15,24H2,(H,25,34). The van der Waals surface area contributed by atoms with Crippen LogP contribution < -0.4 is 11.1 Å². The van der Waals surface area contributed by atoms with E-state index in [2.05, 4.69) is 5.32 Å². The number of hydrogen-bond acceptors (Lipinski definition) is 8. The van der Waals surface area contributed by atoms with Gasteiger partial charge in [0, 0.05) is 56.8 Å². The second-order valence-corrected chi connectivity index (χ2v) is 8.14. The van der Waals surface area contributed by atoms with Gasteiger partial charge >= 0.3 is 0 Å². The number of amides is 5. The van der Waals surface area contributed by atoms with Crippen LogP contribution in [-0.2, 0) is 33.6 Å². The molecule has 0 aromatic carbocycles. The highest BCUT2D eigenvalue weighted by atomic mass is 16.2. The lowest BCUT2D eigenvalue weighted by Crippen LogP contribution is -2.59. The van der Waals surface area contributed by atoms with E-state index in [1.165, 1.54) is 24.3 Å². The molecule has 11 nitrogen and oxygen atoms in total. The molecule has 0 spiro atoms. The molecule has 2 aliphatic heterocycles. The number of imide groups is 2. The summed E-state index contributed by atoms with van der Waals surface area (Å²) >= 11 is 0. The molecule has 1 atom stereocenters. The maximum atomic E-state index is 12.9. The van der Waals surface area contributed by atoms with Gasteiger partial charge in [-0.1, -0.05) is 6.42 Å². The lowest BCUT2D eigenvalue weighted by atomic mass is 9.85. The molecule has 11 heteroatoms. The molecule has 0 aromatic rings. The van der Waals surface area contributed by atoms with Gasteiger partial charge in [0.15, 0.2) is 17.6 Å². The molecule has 1 radical (unpaired) electrons. The summed E-state index contributed by atoms with van der Waals surface area (Å²) in [4.78, 5) is 84.5. The van der Waals surface area contributed by atoms with Crippen LogP contribution in [0.1, 0.15) is 51.4 Å². The molecule has 0 bridgehead atoms. The number of carbonyl (C=O) groups is 6. The summed E-state index contributed by atoms with van der Waals surface area (Å²) in [5.74, 6) is -2.70. The maximum Gasteiger partial charge on any atom is 0.253 e. The third-order valence-corrected chi connectivity index (χ3v) is 5.70. The minimum absolute atomic E-state index is 0.00292. The molecule has 2 aliphatic rings. The number of nitrogens with zero attached hydrogens (tertiary/aromatic N) is 2. The average molecular weight is 474 g/mol. The van der Waals surface area contributed by atoms with E-state index in [-0.39, 0.29) is 50.7 Å². The van der Waals surface area contributed by atoms with Gasteiger partial charge in [0.2, 0.25) is 5.91 Å². The van der Waals surface area contributed by atoms with Crippen LogP contribution >= 0.6 is 0 Å². The Bertz CT molecular complexity index is 875. The van der Waals surface area contributed by atoms with Crippen LogP contribution in [0.5, 0.6) is 0 Å². The van der Waals surface area contributed by atoms with Crippen molar-refractivity contribution < 1.29 is 33.6 Å². The predicted octanol–water partition coefficient (Wildman–Crippen LogP) is -0.550. The van der Waals surface area contributed by atoms with E-state index in [1.54, 1.807) is 6.29 Å². The molecule has 2 rings (SSSR count). The molecule has 2 heterocycles. The Morgan fingerprint density at radius 1 is 0.824 bits per heavy atom. The van der Waals surface area contributed by atoms with E-state index in [0.29, 0.717) is 32.1 Å². The summed E-state index contributed by atoms with van der Waals surface area (Å²) in [6, 6.07) is 0. The normalized spacial score (nSPS) is 17.0. The van der Waals surface area contributed by atoms with E-state index < -0.39 is 29.0 Å².